The zero-order valence-corrected chi connectivity index (χ0v) is 13.7. The highest BCUT2D eigenvalue weighted by Crippen LogP contribution is 2.18. The molecule has 0 bridgehead atoms. The molecule has 1 N–H and O–H groups in total. The molecule has 0 fully saturated rings. The summed E-state index contributed by atoms with van der Waals surface area (Å²) < 4.78 is 10.6. The molecule has 1 aromatic heterocycles. The quantitative estimate of drug-likeness (QED) is 0.386. The third kappa shape index (κ3) is 4.47. The monoisotopic (exact) mass is 337 g/mol. The number of H-pyrrole nitrogens is 1. The number of rotatable bonds is 8. The van der Waals surface area contributed by atoms with Crippen LogP contribution >= 0.6 is 0 Å². The summed E-state index contributed by atoms with van der Waals surface area (Å²) in [5.41, 5.74) is 1.42. The first-order chi connectivity index (χ1) is 12.2. The summed E-state index contributed by atoms with van der Waals surface area (Å²) in [7, 11) is 0. The molecule has 0 radical (unpaired) electrons. The fourth-order valence-corrected chi connectivity index (χ4v) is 2.52. The van der Waals surface area contributed by atoms with Crippen LogP contribution < -0.4 is 4.74 Å². The first-order valence-electron chi connectivity index (χ1n) is 8.17. The van der Waals surface area contributed by atoms with Crippen LogP contribution in [-0.2, 0) is 9.53 Å². The summed E-state index contributed by atoms with van der Waals surface area (Å²) in [6.45, 7) is 0.176. The maximum Gasteiger partial charge on any atom is 0.306 e. The number of Topliss-reactive ketones (excluding diaryl/α,β-unsaturated/α-hetero) is 1. The Morgan fingerprint density at radius 1 is 0.960 bits per heavy atom. The maximum absolute atomic E-state index is 12.2. The van der Waals surface area contributed by atoms with Gasteiger partial charge in [-0.05, 0) is 24.6 Å². The number of ether oxygens (including phenoxy) is 2. The molecule has 25 heavy (non-hydrogen) atoms. The van der Waals surface area contributed by atoms with Crippen LogP contribution in [0.2, 0.25) is 0 Å². The lowest BCUT2D eigenvalue weighted by atomic mass is 10.1. The number of hydrogen-bond acceptors (Lipinski definition) is 4. The standard InChI is InChI=1S/C20H19NO4/c22-19(17-13-21-18-10-5-4-9-16(17)18)14-25-20(23)11-6-12-24-15-7-2-1-3-8-15/h1-5,7-10,13,21H,6,11-12,14H2. The summed E-state index contributed by atoms with van der Waals surface area (Å²) in [6.07, 6.45) is 2.40. The molecule has 2 aromatic carbocycles. The van der Waals surface area contributed by atoms with Crippen LogP contribution in [0.15, 0.2) is 60.8 Å². The SMILES string of the molecule is O=C(CCCOc1ccccc1)OCC(=O)c1c[nH]c2ccccc12. The zero-order valence-electron chi connectivity index (χ0n) is 13.7. The van der Waals surface area contributed by atoms with Crippen molar-refractivity contribution < 1.29 is 19.1 Å². The molecule has 0 atom stereocenters. The number of para-hydroxylation sites is 2. The Morgan fingerprint density at radius 2 is 1.72 bits per heavy atom. The number of carbonyl (C=O) groups excluding carboxylic acids is 2. The highest BCUT2D eigenvalue weighted by atomic mass is 16.5. The van der Waals surface area contributed by atoms with E-state index in [2.05, 4.69) is 4.98 Å². The number of benzene rings is 2. The fraction of sp³-hybridized carbons (Fsp3) is 0.200. The number of fused-ring (bicyclic) bond motifs is 1. The van der Waals surface area contributed by atoms with Crippen LogP contribution in [0.3, 0.4) is 0 Å². The first kappa shape index (κ1) is 16.8. The molecule has 1 heterocycles. The Kier molecular flexibility index (Phi) is 5.46. The summed E-state index contributed by atoms with van der Waals surface area (Å²) >= 11 is 0. The molecule has 3 aromatic rings. The van der Waals surface area contributed by atoms with Gasteiger partial charge in [0.05, 0.1) is 6.61 Å². The van der Waals surface area contributed by atoms with Crippen molar-refractivity contribution in [2.75, 3.05) is 13.2 Å². The van der Waals surface area contributed by atoms with Crippen LogP contribution in [0.5, 0.6) is 5.75 Å². The predicted molar refractivity (Wildman–Crippen MR) is 94.8 cm³/mol. The van der Waals surface area contributed by atoms with Gasteiger partial charge in [0.2, 0.25) is 5.78 Å². The van der Waals surface area contributed by atoms with Gasteiger partial charge in [0.1, 0.15) is 5.75 Å². The molecule has 0 saturated heterocycles. The number of hydrogen-bond donors (Lipinski definition) is 1. The van der Waals surface area contributed by atoms with Gasteiger partial charge in [-0.1, -0.05) is 36.4 Å². The molecule has 5 heteroatoms. The number of carbonyl (C=O) groups is 2. The van der Waals surface area contributed by atoms with Crippen molar-refractivity contribution in [1.29, 1.82) is 0 Å². The second-order valence-corrected chi connectivity index (χ2v) is 5.60. The van der Waals surface area contributed by atoms with Crippen LogP contribution in [0.25, 0.3) is 10.9 Å². The molecule has 0 saturated carbocycles. The summed E-state index contributed by atoms with van der Waals surface area (Å²) in [5, 5.41) is 0.833. The van der Waals surface area contributed by atoms with Gasteiger partial charge in [-0.3, -0.25) is 9.59 Å². The van der Waals surface area contributed by atoms with E-state index in [1.54, 1.807) is 6.20 Å². The average molecular weight is 337 g/mol. The topological polar surface area (TPSA) is 68.4 Å². The van der Waals surface area contributed by atoms with Crippen LogP contribution in [-0.4, -0.2) is 30.0 Å². The van der Waals surface area contributed by atoms with E-state index < -0.39 is 5.97 Å². The van der Waals surface area contributed by atoms with Crippen molar-refractivity contribution in [2.24, 2.45) is 0 Å². The molecule has 0 amide bonds. The number of ketones is 1. The fourth-order valence-electron chi connectivity index (χ4n) is 2.52. The van der Waals surface area contributed by atoms with Crippen molar-refractivity contribution in [3.8, 4) is 5.75 Å². The minimum absolute atomic E-state index is 0.216. The summed E-state index contributed by atoms with van der Waals surface area (Å²) in [4.78, 5) is 27.0. The van der Waals surface area contributed by atoms with Gasteiger partial charge in [-0.15, -0.1) is 0 Å². The van der Waals surface area contributed by atoms with Crippen molar-refractivity contribution in [2.45, 2.75) is 12.8 Å². The smallest absolute Gasteiger partial charge is 0.306 e. The molecule has 0 aliphatic heterocycles. The van der Waals surface area contributed by atoms with Gasteiger partial charge < -0.3 is 14.5 Å². The van der Waals surface area contributed by atoms with E-state index in [4.69, 9.17) is 9.47 Å². The van der Waals surface area contributed by atoms with E-state index in [-0.39, 0.29) is 18.8 Å². The molecular formula is C20H19NO4. The summed E-state index contributed by atoms with van der Waals surface area (Å²) in [6, 6.07) is 16.9. The molecule has 0 unspecified atom stereocenters. The minimum atomic E-state index is -0.398. The Hall–Kier alpha value is -3.08. The largest absolute Gasteiger partial charge is 0.494 e. The second-order valence-electron chi connectivity index (χ2n) is 5.60. The second kappa shape index (κ2) is 8.15. The highest BCUT2D eigenvalue weighted by molar-refractivity contribution is 6.08. The lowest BCUT2D eigenvalue weighted by molar-refractivity contribution is -0.142. The highest BCUT2D eigenvalue weighted by Gasteiger charge is 2.14. The van der Waals surface area contributed by atoms with E-state index in [1.165, 1.54) is 0 Å². The Bertz CT molecular complexity index is 854. The molecule has 0 aliphatic rings. The Labute approximate surface area is 145 Å². The van der Waals surface area contributed by atoms with Crippen LogP contribution in [0.1, 0.15) is 23.2 Å². The number of nitrogens with one attached hydrogen (secondary N) is 1. The summed E-state index contributed by atoms with van der Waals surface area (Å²) in [5.74, 6) is 0.154. The predicted octanol–water partition coefficient (Wildman–Crippen LogP) is 3.75. The average Bonchev–Trinajstić information content (AvgIpc) is 3.08. The van der Waals surface area contributed by atoms with Gasteiger partial charge in [0.25, 0.3) is 0 Å². The third-order valence-corrected chi connectivity index (χ3v) is 3.79. The Balaban J connectivity index is 1.40. The van der Waals surface area contributed by atoms with Gasteiger partial charge in [0.15, 0.2) is 6.61 Å². The van der Waals surface area contributed by atoms with Gasteiger partial charge in [-0.2, -0.15) is 0 Å². The normalized spacial score (nSPS) is 10.6. The zero-order chi connectivity index (χ0) is 17.5. The minimum Gasteiger partial charge on any atom is -0.494 e. The van der Waals surface area contributed by atoms with E-state index in [0.717, 1.165) is 16.7 Å². The van der Waals surface area contributed by atoms with Crippen molar-refractivity contribution in [3.63, 3.8) is 0 Å². The third-order valence-electron chi connectivity index (χ3n) is 3.79. The lowest BCUT2D eigenvalue weighted by Crippen LogP contribution is -2.14. The van der Waals surface area contributed by atoms with Gasteiger partial charge >= 0.3 is 5.97 Å². The first-order valence-corrected chi connectivity index (χ1v) is 8.17. The molecular weight excluding hydrogens is 318 g/mol. The number of aromatic nitrogens is 1. The van der Waals surface area contributed by atoms with Crippen molar-refractivity contribution >= 4 is 22.7 Å². The van der Waals surface area contributed by atoms with Crippen LogP contribution in [0.4, 0.5) is 0 Å². The van der Waals surface area contributed by atoms with E-state index >= 15 is 0 Å². The molecule has 5 nitrogen and oxygen atoms in total. The number of esters is 1. The van der Waals surface area contributed by atoms with Crippen molar-refractivity contribution in [3.05, 3.63) is 66.4 Å². The van der Waals surface area contributed by atoms with Gasteiger partial charge in [0, 0.05) is 29.1 Å². The molecule has 0 aliphatic carbocycles. The maximum atomic E-state index is 12.2. The molecule has 3 rings (SSSR count). The van der Waals surface area contributed by atoms with E-state index in [1.807, 2.05) is 54.6 Å². The molecule has 128 valence electrons. The van der Waals surface area contributed by atoms with E-state index in [0.29, 0.717) is 18.6 Å². The molecule has 0 spiro atoms. The number of aromatic amines is 1. The van der Waals surface area contributed by atoms with E-state index in [9.17, 15) is 9.59 Å². The van der Waals surface area contributed by atoms with Crippen LogP contribution in [0, 0.1) is 0 Å². The van der Waals surface area contributed by atoms with Crippen molar-refractivity contribution in [1.82, 2.24) is 4.98 Å². The van der Waals surface area contributed by atoms with Gasteiger partial charge in [-0.25, -0.2) is 0 Å². The lowest BCUT2D eigenvalue weighted by Gasteiger charge is -2.06. The Morgan fingerprint density at radius 3 is 2.56 bits per heavy atom.